The van der Waals surface area contributed by atoms with Gasteiger partial charge in [-0.2, -0.15) is 0 Å². The Balaban J connectivity index is 1.63. The molecule has 0 radical (unpaired) electrons. The van der Waals surface area contributed by atoms with Gasteiger partial charge in [0.15, 0.2) is 0 Å². The number of nitrogens with two attached hydrogens (primary N) is 1. The van der Waals surface area contributed by atoms with Gasteiger partial charge in [-0.15, -0.1) is 0 Å². The molecular weight excluding hydrogens is 328 g/mol. The third-order valence-electron chi connectivity index (χ3n) is 4.26. The highest BCUT2D eigenvalue weighted by molar-refractivity contribution is 6.30. The van der Waals surface area contributed by atoms with Gasteiger partial charge in [-0.05, 0) is 24.6 Å². The minimum atomic E-state index is -0.423. The molecule has 2 heterocycles. The number of carbonyl (C=O) groups is 1. The van der Waals surface area contributed by atoms with Crippen molar-refractivity contribution in [2.24, 2.45) is 5.73 Å². The second-order valence-electron chi connectivity index (χ2n) is 6.03. The summed E-state index contributed by atoms with van der Waals surface area (Å²) in [5.74, 6) is 1.21. The van der Waals surface area contributed by atoms with E-state index in [-0.39, 0.29) is 5.91 Å². The van der Waals surface area contributed by atoms with E-state index in [0.29, 0.717) is 11.6 Å². The van der Waals surface area contributed by atoms with Crippen LogP contribution in [0, 0.1) is 6.92 Å². The Morgan fingerprint density at radius 1 is 1.29 bits per heavy atom. The molecule has 1 aliphatic heterocycles. The number of aryl methyl sites for hydroxylation is 1. The number of nitrogens with zero attached hydrogens (tertiary/aromatic N) is 3. The summed E-state index contributed by atoms with van der Waals surface area (Å²) >= 11 is 5.93. The Bertz CT molecular complexity index is 693. The normalized spacial score (nSPS) is 17.8. The molecule has 2 aromatic rings. The maximum Gasteiger partial charge on any atom is 0.239 e. The second-order valence-corrected chi connectivity index (χ2v) is 6.47. The van der Waals surface area contributed by atoms with E-state index in [1.54, 1.807) is 18.3 Å². The second kappa shape index (κ2) is 7.34. The molecule has 1 atom stereocenters. The smallest absolute Gasteiger partial charge is 0.239 e. The van der Waals surface area contributed by atoms with Gasteiger partial charge < -0.3 is 10.2 Å². The van der Waals surface area contributed by atoms with Crippen LogP contribution in [0.4, 0.5) is 0 Å². The summed E-state index contributed by atoms with van der Waals surface area (Å²) in [5, 5.41) is 0.646. The average molecular weight is 349 g/mol. The first-order chi connectivity index (χ1) is 11.5. The van der Waals surface area contributed by atoms with Gasteiger partial charge in [0, 0.05) is 31.2 Å². The van der Waals surface area contributed by atoms with Crippen LogP contribution in [0.5, 0.6) is 0 Å². The van der Waals surface area contributed by atoms with Gasteiger partial charge >= 0.3 is 0 Å². The standard InChI is InChI=1S/C17H21ClN4O2/c1-12-10-20-15(24-12)11-21-6-8-22(9-7-21)16(17(19)23)13-2-4-14(18)5-3-13/h2-5,10,16H,6-9,11H2,1H3,(H2,19,23)/t16-/m0/s1. The van der Waals surface area contributed by atoms with Gasteiger partial charge in [0.05, 0.1) is 12.7 Å². The Hall–Kier alpha value is -1.89. The fourth-order valence-electron chi connectivity index (χ4n) is 3.05. The average Bonchev–Trinajstić information content (AvgIpc) is 2.96. The molecule has 1 aromatic carbocycles. The molecule has 0 bridgehead atoms. The Kier molecular flexibility index (Phi) is 5.18. The molecular formula is C17H21ClN4O2. The van der Waals surface area contributed by atoms with Crippen LogP contribution in [0.3, 0.4) is 0 Å². The van der Waals surface area contributed by atoms with E-state index in [2.05, 4.69) is 14.8 Å². The summed E-state index contributed by atoms with van der Waals surface area (Å²) in [6.07, 6.45) is 1.73. The topological polar surface area (TPSA) is 75.6 Å². The number of aromatic nitrogens is 1. The van der Waals surface area contributed by atoms with E-state index in [0.717, 1.165) is 43.4 Å². The van der Waals surface area contributed by atoms with E-state index >= 15 is 0 Å². The zero-order valence-corrected chi connectivity index (χ0v) is 14.4. The third-order valence-corrected chi connectivity index (χ3v) is 4.51. The molecule has 0 unspecified atom stereocenters. The van der Waals surface area contributed by atoms with Gasteiger partial charge in [-0.1, -0.05) is 23.7 Å². The number of amides is 1. The molecule has 6 nitrogen and oxygen atoms in total. The van der Waals surface area contributed by atoms with Crippen molar-refractivity contribution in [2.45, 2.75) is 19.5 Å². The van der Waals surface area contributed by atoms with E-state index < -0.39 is 6.04 Å². The minimum absolute atomic E-state index is 0.339. The molecule has 1 aromatic heterocycles. The van der Waals surface area contributed by atoms with Crippen molar-refractivity contribution in [2.75, 3.05) is 26.2 Å². The van der Waals surface area contributed by atoms with Crippen molar-refractivity contribution in [3.8, 4) is 0 Å². The predicted molar refractivity (Wildman–Crippen MR) is 91.5 cm³/mol. The number of oxazole rings is 1. The van der Waals surface area contributed by atoms with Crippen molar-refractivity contribution < 1.29 is 9.21 Å². The van der Waals surface area contributed by atoms with Crippen LogP contribution < -0.4 is 5.73 Å². The van der Waals surface area contributed by atoms with Crippen LogP contribution in [0.15, 0.2) is 34.9 Å². The molecule has 0 aliphatic carbocycles. The number of halogens is 1. The predicted octanol–water partition coefficient (Wildman–Crippen LogP) is 1.98. The van der Waals surface area contributed by atoms with E-state index in [1.165, 1.54) is 0 Å². The molecule has 0 saturated carbocycles. The molecule has 3 rings (SSSR count). The third kappa shape index (κ3) is 3.95. The summed E-state index contributed by atoms with van der Waals surface area (Å²) in [7, 11) is 0. The van der Waals surface area contributed by atoms with Gasteiger partial charge in [-0.25, -0.2) is 4.98 Å². The number of carbonyl (C=O) groups excluding carboxylic acids is 1. The highest BCUT2D eigenvalue weighted by atomic mass is 35.5. The molecule has 7 heteroatoms. The largest absolute Gasteiger partial charge is 0.445 e. The van der Waals surface area contributed by atoms with Crippen LogP contribution in [0.25, 0.3) is 0 Å². The summed E-state index contributed by atoms with van der Waals surface area (Å²) in [6.45, 7) is 5.76. The Morgan fingerprint density at radius 2 is 1.96 bits per heavy atom. The monoisotopic (exact) mass is 348 g/mol. The van der Waals surface area contributed by atoms with Gasteiger partial charge in [0.25, 0.3) is 0 Å². The Morgan fingerprint density at radius 3 is 2.50 bits per heavy atom. The van der Waals surface area contributed by atoms with Crippen molar-refractivity contribution in [3.05, 3.63) is 52.7 Å². The van der Waals surface area contributed by atoms with Crippen molar-refractivity contribution >= 4 is 17.5 Å². The molecule has 24 heavy (non-hydrogen) atoms. The van der Waals surface area contributed by atoms with Crippen LogP contribution in [-0.2, 0) is 11.3 Å². The van der Waals surface area contributed by atoms with E-state index in [1.807, 2.05) is 19.1 Å². The van der Waals surface area contributed by atoms with Crippen molar-refractivity contribution in [3.63, 3.8) is 0 Å². The molecule has 1 amide bonds. The SMILES string of the molecule is Cc1cnc(CN2CCN([C@H](C(N)=O)c3ccc(Cl)cc3)CC2)o1. The molecule has 128 valence electrons. The highest BCUT2D eigenvalue weighted by Crippen LogP contribution is 2.24. The number of primary amides is 1. The number of hydrogen-bond acceptors (Lipinski definition) is 5. The quantitative estimate of drug-likeness (QED) is 0.894. The first-order valence-corrected chi connectivity index (χ1v) is 8.33. The molecule has 2 N–H and O–H groups in total. The number of piperazine rings is 1. The van der Waals surface area contributed by atoms with Crippen LogP contribution in [0.1, 0.15) is 23.3 Å². The molecule has 1 saturated heterocycles. The van der Waals surface area contributed by atoms with Crippen molar-refractivity contribution in [1.82, 2.24) is 14.8 Å². The lowest BCUT2D eigenvalue weighted by atomic mass is 10.0. The maximum absolute atomic E-state index is 12.0. The zero-order valence-electron chi connectivity index (χ0n) is 13.6. The van der Waals surface area contributed by atoms with Crippen molar-refractivity contribution in [1.29, 1.82) is 0 Å². The number of hydrogen-bond donors (Lipinski definition) is 1. The first kappa shape index (κ1) is 17.0. The van der Waals surface area contributed by atoms with Crippen LogP contribution in [0.2, 0.25) is 5.02 Å². The van der Waals surface area contributed by atoms with Gasteiger partial charge in [-0.3, -0.25) is 14.6 Å². The lowest BCUT2D eigenvalue weighted by Gasteiger charge is -2.37. The number of rotatable bonds is 5. The fraction of sp³-hybridized carbons (Fsp3) is 0.412. The summed E-state index contributed by atoms with van der Waals surface area (Å²) in [5.41, 5.74) is 6.52. The fourth-order valence-corrected chi connectivity index (χ4v) is 3.17. The lowest BCUT2D eigenvalue weighted by Crippen LogP contribution is -2.50. The summed E-state index contributed by atoms with van der Waals surface area (Å²) in [6, 6.07) is 6.87. The summed E-state index contributed by atoms with van der Waals surface area (Å²) in [4.78, 5) is 20.6. The molecule has 1 aliphatic rings. The van der Waals surface area contributed by atoms with E-state index in [9.17, 15) is 4.79 Å². The maximum atomic E-state index is 12.0. The van der Waals surface area contributed by atoms with E-state index in [4.69, 9.17) is 21.8 Å². The lowest BCUT2D eigenvalue weighted by molar-refractivity contribution is -0.124. The Labute approximate surface area is 146 Å². The molecule has 0 spiro atoms. The van der Waals surface area contributed by atoms with Gasteiger partial charge in [0.2, 0.25) is 11.8 Å². The molecule has 1 fully saturated rings. The number of benzene rings is 1. The van der Waals surface area contributed by atoms with Crippen LogP contribution in [-0.4, -0.2) is 46.9 Å². The van der Waals surface area contributed by atoms with Gasteiger partial charge in [0.1, 0.15) is 11.8 Å². The first-order valence-electron chi connectivity index (χ1n) is 7.95. The summed E-state index contributed by atoms with van der Waals surface area (Å²) < 4.78 is 5.53. The van der Waals surface area contributed by atoms with Crippen LogP contribution >= 0.6 is 11.6 Å². The highest BCUT2D eigenvalue weighted by Gasteiger charge is 2.29. The minimum Gasteiger partial charge on any atom is -0.445 e. The zero-order chi connectivity index (χ0) is 17.1.